The second-order valence-electron chi connectivity index (χ2n) is 3.80. The molecule has 1 N–H and O–H groups in total. The molecule has 19 heavy (non-hydrogen) atoms. The van der Waals surface area contributed by atoms with E-state index in [4.69, 9.17) is 9.47 Å². The molecular formula is C13H16N4O2. The van der Waals surface area contributed by atoms with Crippen LogP contribution in [0.3, 0.4) is 0 Å². The van der Waals surface area contributed by atoms with Crippen molar-refractivity contribution >= 4 is 5.82 Å². The van der Waals surface area contributed by atoms with E-state index in [0.717, 1.165) is 5.56 Å². The number of hydrogen-bond donors (Lipinski definition) is 1. The maximum atomic E-state index is 5.41. The predicted molar refractivity (Wildman–Crippen MR) is 71.0 cm³/mol. The zero-order valence-corrected chi connectivity index (χ0v) is 10.7. The topological polar surface area (TPSA) is 69.2 Å². The summed E-state index contributed by atoms with van der Waals surface area (Å²) in [5, 5.41) is 3.19. The largest absolute Gasteiger partial charge is 0.475 e. The Hall–Kier alpha value is -2.21. The van der Waals surface area contributed by atoms with Gasteiger partial charge in [-0.25, -0.2) is 9.97 Å². The van der Waals surface area contributed by atoms with Crippen LogP contribution in [0.25, 0.3) is 0 Å². The first-order chi connectivity index (χ1) is 9.38. The average Bonchev–Trinajstić information content (AvgIpc) is 2.47. The minimum atomic E-state index is 0.468. The summed E-state index contributed by atoms with van der Waals surface area (Å²) in [6.45, 7) is 1.65. The lowest BCUT2D eigenvalue weighted by atomic mass is 10.3. The normalized spacial score (nSPS) is 10.2. The van der Waals surface area contributed by atoms with Crippen molar-refractivity contribution in [2.75, 3.05) is 25.6 Å². The third-order valence-corrected chi connectivity index (χ3v) is 2.38. The molecule has 0 fully saturated rings. The standard InChI is InChI=1S/C13H16N4O2/c1-18-5-6-19-13-7-12(16-10-17-13)15-9-11-3-2-4-14-8-11/h2-4,7-8,10H,5-6,9H2,1H3,(H,15,16,17). The number of pyridine rings is 1. The molecule has 100 valence electrons. The number of ether oxygens (including phenoxy) is 2. The summed E-state index contributed by atoms with van der Waals surface area (Å²) in [6.07, 6.45) is 5.02. The molecule has 0 spiro atoms. The first-order valence-electron chi connectivity index (χ1n) is 5.95. The Kier molecular flexibility index (Phi) is 5.06. The number of methoxy groups -OCH3 is 1. The second-order valence-corrected chi connectivity index (χ2v) is 3.80. The quantitative estimate of drug-likeness (QED) is 0.761. The number of hydrogen-bond acceptors (Lipinski definition) is 6. The van der Waals surface area contributed by atoms with Crippen LogP contribution in [0.5, 0.6) is 5.88 Å². The Balaban J connectivity index is 1.88. The molecule has 0 saturated carbocycles. The Labute approximate surface area is 111 Å². The number of aromatic nitrogens is 3. The average molecular weight is 260 g/mol. The van der Waals surface area contributed by atoms with Crippen molar-refractivity contribution in [2.45, 2.75) is 6.54 Å². The molecule has 0 amide bonds. The molecule has 2 rings (SSSR count). The highest BCUT2D eigenvalue weighted by Gasteiger charge is 2.00. The van der Waals surface area contributed by atoms with E-state index in [1.54, 1.807) is 19.4 Å². The molecule has 0 bridgehead atoms. The molecule has 0 unspecified atom stereocenters. The van der Waals surface area contributed by atoms with E-state index in [9.17, 15) is 0 Å². The maximum Gasteiger partial charge on any atom is 0.218 e. The molecule has 0 aromatic carbocycles. The molecule has 6 nitrogen and oxygen atoms in total. The summed E-state index contributed by atoms with van der Waals surface area (Å²) in [6, 6.07) is 5.65. The Bertz CT molecular complexity index is 493. The van der Waals surface area contributed by atoms with Gasteiger partial charge in [0.25, 0.3) is 0 Å². The third kappa shape index (κ3) is 4.51. The van der Waals surface area contributed by atoms with Crippen LogP contribution in [0, 0.1) is 0 Å². The van der Waals surface area contributed by atoms with Gasteiger partial charge in [0, 0.05) is 32.1 Å². The van der Waals surface area contributed by atoms with Crippen molar-refractivity contribution in [2.24, 2.45) is 0 Å². The SMILES string of the molecule is COCCOc1cc(NCc2cccnc2)ncn1. The molecule has 0 aliphatic rings. The molecule has 0 aliphatic heterocycles. The van der Waals surface area contributed by atoms with Crippen molar-refractivity contribution in [3.63, 3.8) is 0 Å². The zero-order valence-electron chi connectivity index (χ0n) is 10.7. The van der Waals surface area contributed by atoms with Crippen LogP contribution in [-0.2, 0) is 11.3 Å². The highest BCUT2D eigenvalue weighted by molar-refractivity contribution is 5.37. The van der Waals surface area contributed by atoms with Crippen LogP contribution >= 0.6 is 0 Å². The minimum absolute atomic E-state index is 0.468. The van der Waals surface area contributed by atoms with E-state index in [1.165, 1.54) is 6.33 Å². The van der Waals surface area contributed by atoms with Crippen molar-refractivity contribution in [3.8, 4) is 5.88 Å². The monoisotopic (exact) mass is 260 g/mol. The van der Waals surface area contributed by atoms with Crippen LogP contribution in [0.1, 0.15) is 5.56 Å². The number of anilines is 1. The fourth-order valence-electron chi connectivity index (χ4n) is 1.44. The zero-order chi connectivity index (χ0) is 13.3. The van der Waals surface area contributed by atoms with E-state index in [2.05, 4.69) is 20.3 Å². The molecule has 0 saturated heterocycles. The Morgan fingerprint density at radius 3 is 3.00 bits per heavy atom. The highest BCUT2D eigenvalue weighted by atomic mass is 16.5. The van der Waals surface area contributed by atoms with Crippen LogP contribution < -0.4 is 10.1 Å². The lowest BCUT2D eigenvalue weighted by molar-refractivity contribution is 0.143. The van der Waals surface area contributed by atoms with Gasteiger partial charge in [-0.3, -0.25) is 4.98 Å². The van der Waals surface area contributed by atoms with Gasteiger partial charge in [0.2, 0.25) is 5.88 Å². The number of rotatable bonds is 7. The summed E-state index contributed by atoms with van der Waals surface area (Å²) < 4.78 is 10.3. The van der Waals surface area contributed by atoms with Gasteiger partial charge in [0.15, 0.2) is 0 Å². The first kappa shape index (κ1) is 13.2. The summed E-state index contributed by atoms with van der Waals surface area (Å²) in [5.74, 6) is 1.24. The van der Waals surface area contributed by atoms with E-state index in [1.807, 2.05) is 18.3 Å². The summed E-state index contributed by atoms with van der Waals surface area (Å²) in [4.78, 5) is 12.2. The van der Waals surface area contributed by atoms with Gasteiger partial charge in [-0.15, -0.1) is 0 Å². The van der Waals surface area contributed by atoms with Crippen molar-refractivity contribution in [3.05, 3.63) is 42.5 Å². The highest BCUT2D eigenvalue weighted by Crippen LogP contribution is 2.11. The second kappa shape index (κ2) is 7.27. The van der Waals surface area contributed by atoms with Crippen molar-refractivity contribution in [1.82, 2.24) is 15.0 Å². The Morgan fingerprint density at radius 2 is 2.21 bits per heavy atom. The van der Waals surface area contributed by atoms with Gasteiger partial charge in [0.1, 0.15) is 18.8 Å². The summed E-state index contributed by atoms with van der Waals surface area (Å²) in [5.41, 5.74) is 1.09. The van der Waals surface area contributed by atoms with E-state index in [-0.39, 0.29) is 0 Å². The van der Waals surface area contributed by atoms with Crippen LogP contribution in [0.2, 0.25) is 0 Å². The van der Waals surface area contributed by atoms with Gasteiger partial charge in [-0.05, 0) is 11.6 Å². The molecule has 2 heterocycles. The molecule has 6 heteroatoms. The number of nitrogens with zero attached hydrogens (tertiary/aromatic N) is 3. The van der Waals surface area contributed by atoms with Crippen molar-refractivity contribution < 1.29 is 9.47 Å². The smallest absolute Gasteiger partial charge is 0.218 e. The van der Waals surface area contributed by atoms with Crippen molar-refractivity contribution in [1.29, 1.82) is 0 Å². The molecule has 0 radical (unpaired) electrons. The molecular weight excluding hydrogens is 244 g/mol. The van der Waals surface area contributed by atoms with E-state index in [0.29, 0.717) is 31.5 Å². The minimum Gasteiger partial charge on any atom is -0.475 e. The van der Waals surface area contributed by atoms with E-state index >= 15 is 0 Å². The van der Waals surface area contributed by atoms with Crippen LogP contribution in [0.15, 0.2) is 36.9 Å². The summed E-state index contributed by atoms with van der Waals surface area (Å²) in [7, 11) is 1.63. The van der Waals surface area contributed by atoms with Gasteiger partial charge in [-0.2, -0.15) is 0 Å². The molecule has 2 aromatic rings. The van der Waals surface area contributed by atoms with Gasteiger partial charge >= 0.3 is 0 Å². The fraction of sp³-hybridized carbons (Fsp3) is 0.308. The molecule has 0 atom stereocenters. The fourth-order valence-corrected chi connectivity index (χ4v) is 1.44. The molecule has 2 aromatic heterocycles. The van der Waals surface area contributed by atoms with Gasteiger partial charge in [-0.1, -0.05) is 6.07 Å². The lowest BCUT2D eigenvalue weighted by Gasteiger charge is -2.07. The third-order valence-electron chi connectivity index (χ3n) is 2.38. The Morgan fingerprint density at radius 1 is 1.26 bits per heavy atom. The van der Waals surface area contributed by atoms with Crippen LogP contribution in [-0.4, -0.2) is 35.3 Å². The number of nitrogens with one attached hydrogen (secondary N) is 1. The van der Waals surface area contributed by atoms with Gasteiger partial charge in [0.05, 0.1) is 6.61 Å². The predicted octanol–water partition coefficient (Wildman–Crippen LogP) is 1.51. The maximum absolute atomic E-state index is 5.41. The van der Waals surface area contributed by atoms with E-state index < -0.39 is 0 Å². The van der Waals surface area contributed by atoms with Crippen LogP contribution in [0.4, 0.5) is 5.82 Å². The molecule has 0 aliphatic carbocycles. The van der Waals surface area contributed by atoms with Gasteiger partial charge < -0.3 is 14.8 Å². The summed E-state index contributed by atoms with van der Waals surface area (Å²) >= 11 is 0. The first-order valence-corrected chi connectivity index (χ1v) is 5.95. The lowest BCUT2D eigenvalue weighted by Crippen LogP contribution is -2.07.